The fraction of sp³-hybridized carbons (Fsp3) is 0.750. The van der Waals surface area contributed by atoms with Crippen molar-refractivity contribution in [1.82, 2.24) is 0 Å². The van der Waals surface area contributed by atoms with Crippen LogP contribution >= 0.6 is 0 Å². The first-order valence-electron chi connectivity index (χ1n) is 5.24. The average molecular weight is 196 g/mol. The molecule has 0 aliphatic heterocycles. The van der Waals surface area contributed by atoms with E-state index in [1.807, 2.05) is 0 Å². The second kappa shape index (κ2) is 6.48. The maximum atomic E-state index is 11.0. The summed E-state index contributed by atoms with van der Waals surface area (Å²) in [6.07, 6.45) is 5.05. The van der Waals surface area contributed by atoms with Crippen molar-refractivity contribution in [2.24, 2.45) is 5.41 Å². The highest BCUT2D eigenvalue weighted by Gasteiger charge is 2.29. The van der Waals surface area contributed by atoms with E-state index < -0.39 is 11.4 Å². The van der Waals surface area contributed by atoms with Gasteiger partial charge in [-0.1, -0.05) is 38.5 Å². The first-order valence-corrected chi connectivity index (χ1v) is 5.24. The normalized spacial score (nSPS) is 13.9. The number of hydrogen-bond donors (Lipinski definition) is 1. The first-order chi connectivity index (χ1) is 6.56. The van der Waals surface area contributed by atoms with Crippen molar-refractivity contribution < 1.29 is 9.90 Å². The lowest BCUT2D eigenvalue weighted by atomic mass is 9.85. The van der Waals surface area contributed by atoms with E-state index in [-0.39, 0.29) is 0 Å². The lowest BCUT2D eigenvalue weighted by Gasteiger charge is -2.17. The molecule has 0 aromatic rings. The van der Waals surface area contributed by atoms with Gasteiger partial charge < -0.3 is 5.11 Å². The quantitative estimate of drug-likeness (QED) is 0.523. The molecule has 2 heteroatoms. The van der Waals surface area contributed by atoms with Crippen LogP contribution in [-0.4, -0.2) is 11.1 Å². The summed E-state index contributed by atoms with van der Waals surface area (Å²) < 4.78 is 0. The molecule has 0 amide bonds. The lowest BCUT2D eigenvalue weighted by Crippen LogP contribution is -2.25. The SMILES string of the molecule is CC#CC(C)(CCCCCC)C(=O)O. The molecule has 80 valence electrons. The summed E-state index contributed by atoms with van der Waals surface area (Å²) in [5, 5.41) is 9.02. The summed E-state index contributed by atoms with van der Waals surface area (Å²) in [6.45, 7) is 5.53. The van der Waals surface area contributed by atoms with Gasteiger partial charge in [0.2, 0.25) is 0 Å². The second-order valence-electron chi connectivity index (χ2n) is 3.82. The number of rotatable bonds is 6. The minimum atomic E-state index is -0.845. The maximum absolute atomic E-state index is 11.0. The number of carboxylic acid groups (broad SMARTS) is 1. The van der Waals surface area contributed by atoms with E-state index in [1.54, 1.807) is 13.8 Å². The van der Waals surface area contributed by atoms with Gasteiger partial charge in [0, 0.05) is 0 Å². The summed E-state index contributed by atoms with van der Waals surface area (Å²) >= 11 is 0. The van der Waals surface area contributed by atoms with Crippen LogP contribution in [0.3, 0.4) is 0 Å². The van der Waals surface area contributed by atoms with E-state index in [0.29, 0.717) is 6.42 Å². The maximum Gasteiger partial charge on any atom is 0.321 e. The Morgan fingerprint density at radius 2 is 2.00 bits per heavy atom. The van der Waals surface area contributed by atoms with Gasteiger partial charge >= 0.3 is 5.97 Å². The minimum Gasteiger partial charge on any atom is -0.480 e. The van der Waals surface area contributed by atoms with Crippen molar-refractivity contribution in [3.05, 3.63) is 0 Å². The molecule has 1 atom stereocenters. The van der Waals surface area contributed by atoms with Crippen LogP contribution in [0.5, 0.6) is 0 Å². The van der Waals surface area contributed by atoms with Crippen LogP contribution in [0, 0.1) is 17.3 Å². The molecule has 0 fully saturated rings. The van der Waals surface area contributed by atoms with Crippen LogP contribution in [0.2, 0.25) is 0 Å². The molecule has 0 bridgehead atoms. The fourth-order valence-corrected chi connectivity index (χ4v) is 1.40. The Kier molecular flexibility index (Phi) is 6.03. The van der Waals surface area contributed by atoms with Crippen molar-refractivity contribution in [2.75, 3.05) is 0 Å². The molecule has 2 nitrogen and oxygen atoms in total. The number of hydrogen-bond acceptors (Lipinski definition) is 1. The van der Waals surface area contributed by atoms with Gasteiger partial charge in [-0.2, -0.15) is 0 Å². The Balaban J connectivity index is 4.09. The van der Waals surface area contributed by atoms with Crippen LogP contribution in [0.1, 0.15) is 52.9 Å². The standard InChI is InChI=1S/C12H20O2/c1-4-6-7-8-10-12(3,9-5-2)11(13)14/h4,6-8,10H2,1-3H3,(H,13,14). The smallest absolute Gasteiger partial charge is 0.321 e. The average Bonchev–Trinajstić information content (AvgIpc) is 2.13. The van der Waals surface area contributed by atoms with Crippen molar-refractivity contribution in [2.45, 2.75) is 52.9 Å². The Labute approximate surface area is 86.7 Å². The number of unbranched alkanes of at least 4 members (excludes halogenated alkanes) is 3. The summed E-state index contributed by atoms with van der Waals surface area (Å²) in [5.74, 6) is 4.68. The van der Waals surface area contributed by atoms with E-state index in [9.17, 15) is 4.79 Å². The van der Waals surface area contributed by atoms with Gasteiger partial charge in [-0.15, -0.1) is 5.92 Å². The number of carbonyl (C=O) groups is 1. The zero-order valence-electron chi connectivity index (χ0n) is 9.39. The topological polar surface area (TPSA) is 37.3 Å². The third-order valence-corrected chi connectivity index (χ3v) is 2.40. The highest BCUT2D eigenvalue weighted by atomic mass is 16.4. The Morgan fingerprint density at radius 1 is 1.36 bits per heavy atom. The number of carboxylic acids is 1. The van der Waals surface area contributed by atoms with Gasteiger partial charge in [0.1, 0.15) is 5.41 Å². The van der Waals surface area contributed by atoms with E-state index in [2.05, 4.69) is 18.8 Å². The molecular weight excluding hydrogens is 176 g/mol. The molecule has 0 saturated carbocycles. The molecule has 0 aromatic carbocycles. The molecule has 0 saturated heterocycles. The van der Waals surface area contributed by atoms with E-state index >= 15 is 0 Å². The molecule has 0 aromatic heterocycles. The lowest BCUT2D eigenvalue weighted by molar-refractivity contribution is -0.145. The Bertz CT molecular complexity index is 234. The van der Waals surface area contributed by atoms with Crippen molar-refractivity contribution in [3.8, 4) is 11.8 Å². The molecule has 0 radical (unpaired) electrons. The van der Waals surface area contributed by atoms with Crippen LogP contribution in [0.25, 0.3) is 0 Å². The van der Waals surface area contributed by atoms with Crippen molar-refractivity contribution >= 4 is 5.97 Å². The highest BCUT2D eigenvalue weighted by Crippen LogP contribution is 2.24. The van der Waals surface area contributed by atoms with Gasteiger partial charge in [-0.05, 0) is 20.3 Å². The summed E-state index contributed by atoms with van der Waals surface area (Å²) in [7, 11) is 0. The van der Waals surface area contributed by atoms with E-state index in [1.165, 1.54) is 12.8 Å². The summed E-state index contributed by atoms with van der Waals surface area (Å²) in [5.41, 5.74) is -0.845. The molecule has 0 aliphatic rings. The molecule has 0 spiro atoms. The molecule has 1 unspecified atom stereocenters. The zero-order valence-corrected chi connectivity index (χ0v) is 9.39. The van der Waals surface area contributed by atoms with Crippen molar-refractivity contribution in [1.29, 1.82) is 0 Å². The first kappa shape index (κ1) is 13.0. The van der Waals surface area contributed by atoms with Crippen LogP contribution in [0.4, 0.5) is 0 Å². The third kappa shape index (κ3) is 4.32. The van der Waals surface area contributed by atoms with E-state index in [0.717, 1.165) is 12.8 Å². The monoisotopic (exact) mass is 196 g/mol. The third-order valence-electron chi connectivity index (χ3n) is 2.40. The van der Waals surface area contributed by atoms with Crippen LogP contribution < -0.4 is 0 Å². The number of aliphatic carboxylic acids is 1. The summed E-state index contributed by atoms with van der Waals surface area (Å²) in [4.78, 5) is 11.0. The minimum absolute atomic E-state index is 0.656. The predicted octanol–water partition coefficient (Wildman–Crippen LogP) is 3.07. The molecule has 14 heavy (non-hydrogen) atoms. The molecular formula is C12H20O2. The van der Waals surface area contributed by atoms with Crippen LogP contribution in [-0.2, 0) is 4.79 Å². The Hall–Kier alpha value is -0.970. The van der Waals surface area contributed by atoms with Gasteiger partial charge in [0.25, 0.3) is 0 Å². The fourth-order valence-electron chi connectivity index (χ4n) is 1.40. The van der Waals surface area contributed by atoms with Gasteiger partial charge in [0.05, 0.1) is 0 Å². The van der Waals surface area contributed by atoms with E-state index in [4.69, 9.17) is 5.11 Å². The zero-order chi connectivity index (χ0) is 11.0. The van der Waals surface area contributed by atoms with Gasteiger partial charge in [-0.3, -0.25) is 4.79 Å². The Morgan fingerprint density at radius 3 is 2.43 bits per heavy atom. The predicted molar refractivity (Wildman–Crippen MR) is 58.0 cm³/mol. The molecule has 0 rings (SSSR count). The molecule has 0 heterocycles. The van der Waals surface area contributed by atoms with Crippen molar-refractivity contribution in [3.63, 3.8) is 0 Å². The molecule has 0 aliphatic carbocycles. The molecule has 1 N–H and O–H groups in total. The van der Waals surface area contributed by atoms with Gasteiger partial charge in [0.15, 0.2) is 0 Å². The van der Waals surface area contributed by atoms with Crippen LogP contribution in [0.15, 0.2) is 0 Å². The summed E-state index contributed by atoms with van der Waals surface area (Å²) in [6, 6.07) is 0. The highest BCUT2D eigenvalue weighted by molar-refractivity contribution is 5.78. The second-order valence-corrected chi connectivity index (χ2v) is 3.82. The van der Waals surface area contributed by atoms with Gasteiger partial charge in [-0.25, -0.2) is 0 Å². The largest absolute Gasteiger partial charge is 0.480 e.